The van der Waals surface area contributed by atoms with Crippen molar-refractivity contribution < 1.29 is 5.11 Å². The van der Waals surface area contributed by atoms with E-state index in [-0.39, 0.29) is 6.10 Å². The summed E-state index contributed by atoms with van der Waals surface area (Å²) in [6, 6.07) is 10.3. The van der Waals surface area contributed by atoms with E-state index >= 15 is 0 Å². The fourth-order valence-corrected chi connectivity index (χ4v) is 2.51. The molecule has 0 fully saturated rings. The van der Waals surface area contributed by atoms with E-state index in [2.05, 4.69) is 24.8 Å². The number of allylic oxidation sites excluding steroid dienone is 5. The van der Waals surface area contributed by atoms with Crippen molar-refractivity contribution in [3.63, 3.8) is 0 Å². The van der Waals surface area contributed by atoms with Crippen LogP contribution < -0.4 is 0 Å². The lowest BCUT2D eigenvalue weighted by atomic mass is 9.97. The van der Waals surface area contributed by atoms with Gasteiger partial charge >= 0.3 is 0 Å². The lowest BCUT2D eigenvalue weighted by Gasteiger charge is -2.08. The van der Waals surface area contributed by atoms with E-state index in [1.807, 2.05) is 43.4 Å². The van der Waals surface area contributed by atoms with Crippen LogP contribution in [0.2, 0.25) is 0 Å². The summed E-state index contributed by atoms with van der Waals surface area (Å²) < 4.78 is 0. The number of hydrogen-bond acceptors (Lipinski definition) is 1. The predicted molar refractivity (Wildman–Crippen MR) is 81.7 cm³/mol. The molecular formula is C18H20O. The molecule has 0 aliphatic heterocycles. The van der Waals surface area contributed by atoms with Gasteiger partial charge in [0.1, 0.15) is 0 Å². The van der Waals surface area contributed by atoms with Gasteiger partial charge < -0.3 is 5.11 Å². The van der Waals surface area contributed by atoms with Crippen molar-refractivity contribution in [2.45, 2.75) is 25.9 Å². The molecule has 0 amide bonds. The van der Waals surface area contributed by atoms with Gasteiger partial charge in [-0.15, -0.1) is 0 Å². The largest absolute Gasteiger partial charge is 0.392 e. The number of rotatable bonds is 4. The highest BCUT2D eigenvalue weighted by molar-refractivity contribution is 5.76. The number of aliphatic hydroxyl groups is 1. The van der Waals surface area contributed by atoms with Crippen LogP contribution in [0.3, 0.4) is 0 Å². The molecule has 1 atom stereocenters. The van der Waals surface area contributed by atoms with Crippen LogP contribution in [0, 0.1) is 0 Å². The van der Waals surface area contributed by atoms with Gasteiger partial charge in [-0.3, -0.25) is 0 Å². The van der Waals surface area contributed by atoms with E-state index in [0.29, 0.717) is 6.42 Å². The Morgan fingerprint density at radius 1 is 1.26 bits per heavy atom. The van der Waals surface area contributed by atoms with Crippen LogP contribution in [0.5, 0.6) is 0 Å². The van der Waals surface area contributed by atoms with E-state index in [1.54, 1.807) is 0 Å². The van der Waals surface area contributed by atoms with Crippen LogP contribution in [-0.4, -0.2) is 11.2 Å². The van der Waals surface area contributed by atoms with Gasteiger partial charge in [-0.1, -0.05) is 61.2 Å². The van der Waals surface area contributed by atoms with E-state index in [1.165, 1.54) is 16.7 Å². The maximum absolute atomic E-state index is 9.98. The molecule has 0 bridgehead atoms. The molecular weight excluding hydrogens is 232 g/mol. The molecule has 0 aromatic heterocycles. The minimum atomic E-state index is -0.279. The quantitative estimate of drug-likeness (QED) is 0.793. The van der Waals surface area contributed by atoms with Crippen molar-refractivity contribution in [2.75, 3.05) is 0 Å². The average molecular weight is 252 g/mol. The van der Waals surface area contributed by atoms with Crippen molar-refractivity contribution in [1.82, 2.24) is 0 Å². The van der Waals surface area contributed by atoms with E-state index in [9.17, 15) is 5.11 Å². The molecule has 0 saturated carbocycles. The summed E-state index contributed by atoms with van der Waals surface area (Å²) in [4.78, 5) is 0. The third-order valence-electron chi connectivity index (χ3n) is 3.40. The summed E-state index contributed by atoms with van der Waals surface area (Å²) >= 11 is 0. The Kier molecular flexibility index (Phi) is 4.53. The van der Waals surface area contributed by atoms with Crippen LogP contribution in [-0.2, 0) is 0 Å². The van der Waals surface area contributed by atoms with E-state index in [0.717, 1.165) is 12.0 Å². The Bertz CT molecular complexity index is 532. The Labute approximate surface area is 115 Å². The fourth-order valence-electron chi connectivity index (χ4n) is 2.51. The summed E-state index contributed by atoms with van der Waals surface area (Å²) in [6.45, 7) is 5.89. The summed E-state index contributed by atoms with van der Waals surface area (Å²) in [7, 11) is 0. The molecule has 0 saturated heterocycles. The highest BCUT2D eigenvalue weighted by Gasteiger charge is 2.24. The lowest BCUT2D eigenvalue weighted by Crippen LogP contribution is -1.99. The van der Waals surface area contributed by atoms with Gasteiger partial charge in [0.15, 0.2) is 0 Å². The van der Waals surface area contributed by atoms with Gasteiger partial charge in [-0.05, 0) is 42.0 Å². The first-order valence-electron chi connectivity index (χ1n) is 6.67. The van der Waals surface area contributed by atoms with Crippen LogP contribution in [0.25, 0.3) is 5.57 Å². The maximum Gasteiger partial charge on any atom is 0.0621 e. The molecule has 1 aromatic rings. The molecule has 0 spiro atoms. The molecule has 1 heteroatoms. The highest BCUT2D eigenvalue weighted by Crippen LogP contribution is 2.38. The second-order valence-corrected chi connectivity index (χ2v) is 4.74. The SMILES string of the molecule is C=C/C(=C\C=C/C)C1=C(c2ccccc2)CC(O)C1. The summed E-state index contributed by atoms with van der Waals surface area (Å²) in [5, 5.41) is 9.98. The molecule has 1 aliphatic rings. The predicted octanol–water partition coefficient (Wildman–Crippen LogP) is 4.28. The Balaban J connectivity index is 2.46. The van der Waals surface area contributed by atoms with E-state index in [4.69, 9.17) is 0 Å². The van der Waals surface area contributed by atoms with Crippen LogP contribution >= 0.6 is 0 Å². The third kappa shape index (κ3) is 3.12. The van der Waals surface area contributed by atoms with Crippen molar-refractivity contribution >= 4 is 5.57 Å². The summed E-state index contributed by atoms with van der Waals surface area (Å²) in [6.07, 6.45) is 9.09. The average Bonchev–Trinajstić information content (AvgIpc) is 2.83. The van der Waals surface area contributed by atoms with Crippen LogP contribution in [0.4, 0.5) is 0 Å². The Morgan fingerprint density at radius 3 is 2.63 bits per heavy atom. The molecule has 1 N–H and O–H groups in total. The van der Waals surface area contributed by atoms with E-state index < -0.39 is 0 Å². The van der Waals surface area contributed by atoms with Crippen molar-refractivity contribution in [1.29, 1.82) is 0 Å². The standard InChI is InChI=1S/C18H20O/c1-3-5-9-14(4-2)17-12-16(19)13-18(17)15-10-7-6-8-11-15/h3-11,16,19H,2,12-13H2,1H3/b5-3-,14-9+. The molecule has 1 nitrogen and oxygen atoms in total. The van der Waals surface area contributed by atoms with Gasteiger partial charge in [0.2, 0.25) is 0 Å². The molecule has 1 aliphatic carbocycles. The molecule has 19 heavy (non-hydrogen) atoms. The summed E-state index contributed by atoms with van der Waals surface area (Å²) in [5.74, 6) is 0. The van der Waals surface area contributed by atoms with Crippen LogP contribution in [0.1, 0.15) is 25.3 Å². The minimum Gasteiger partial charge on any atom is -0.392 e. The van der Waals surface area contributed by atoms with Gasteiger partial charge in [-0.25, -0.2) is 0 Å². The zero-order valence-corrected chi connectivity index (χ0v) is 11.3. The zero-order valence-electron chi connectivity index (χ0n) is 11.3. The lowest BCUT2D eigenvalue weighted by molar-refractivity contribution is 0.189. The second kappa shape index (κ2) is 6.35. The van der Waals surface area contributed by atoms with Crippen molar-refractivity contribution in [2.24, 2.45) is 0 Å². The molecule has 2 rings (SSSR count). The first kappa shape index (κ1) is 13.6. The smallest absolute Gasteiger partial charge is 0.0621 e. The number of aliphatic hydroxyl groups excluding tert-OH is 1. The fraction of sp³-hybridized carbons (Fsp3) is 0.222. The van der Waals surface area contributed by atoms with Crippen molar-refractivity contribution in [3.05, 3.63) is 77.9 Å². The molecule has 0 heterocycles. The molecule has 98 valence electrons. The zero-order chi connectivity index (χ0) is 13.7. The molecule has 0 radical (unpaired) electrons. The first-order chi connectivity index (χ1) is 9.26. The molecule has 1 aromatic carbocycles. The number of benzene rings is 1. The Morgan fingerprint density at radius 2 is 2.00 bits per heavy atom. The third-order valence-corrected chi connectivity index (χ3v) is 3.40. The van der Waals surface area contributed by atoms with Gasteiger partial charge in [0.05, 0.1) is 6.10 Å². The monoisotopic (exact) mass is 252 g/mol. The molecule has 1 unspecified atom stereocenters. The van der Waals surface area contributed by atoms with Gasteiger partial charge in [0, 0.05) is 0 Å². The van der Waals surface area contributed by atoms with Gasteiger partial charge in [0.25, 0.3) is 0 Å². The first-order valence-corrected chi connectivity index (χ1v) is 6.67. The highest BCUT2D eigenvalue weighted by atomic mass is 16.3. The van der Waals surface area contributed by atoms with Gasteiger partial charge in [-0.2, -0.15) is 0 Å². The minimum absolute atomic E-state index is 0.279. The van der Waals surface area contributed by atoms with Crippen LogP contribution in [0.15, 0.2) is 72.4 Å². The number of hydrogen-bond donors (Lipinski definition) is 1. The maximum atomic E-state index is 9.98. The van der Waals surface area contributed by atoms with Crippen molar-refractivity contribution in [3.8, 4) is 0 Å². The normalized spacial score (nSPS) is 20.3. The Hall–Kier alpha value is -1.86. The second-order valence-electron chi connectivity index (χ2n) is 4.74. The topological polar surface area (TPSA) is 20.2 Å². The summed E-state index contributed by atoms with van der Waals surface area (Å²) in [5.41, 5.74) is 4.76.